The molecule has 2 rings (SSSR count). The SMILES string of the molecule is CC#CCC(NCCC)C1CC2CC2C1. The van der Waals surface area contributed by atoms with E-state index < -0.39 is 0 Å². The maximum Gasteiger partial charge on any atom is 0.0245 e. The molecule has 15 heavy (non-hydrogen) atoms. The normalized spacial score (nSPS) is 34.1. The van der Waals surface area contributed by atoms with Crippen LogP contribution in [0.1, 0.15) is 46.0 Å². The molecule has 0 aromatic carbocycles. The van der Waals surface area contributed by atoms with Gasteiger partial charge >= 0.3 is 0 Å². The zero-order valence-electron chi connectivity index (χ0n) is 10.1. The molecule has 1 N–H and O–H groups in total. The summed E-state index contributed by atoms with van der Waals surface area (Å²) in [5, 5.41) is 3.68. The van der Waals surface area contributed by atoms with Crippen molar-refractivity contribution in [2.45, 2.75) is 52.0 Å². The first-order valence-electron chi connectivity index (χ1n) is 6.48. The topological polar surface area (TPSA) is 12.0 Å². The Bertz CT molecular complexity index is 250. The lowest BCUT2D eigenvalue weighted by atomic mass is 9.92. The van der Waals surface area contributed by atoms with Crippen LogP contribution in [0, 0.1) is 29.6 Å². The van der Waals surface area contributed by atoms with Gasteiger partial charge in [0.2, 0.25) is 0 Å². The summed E-state index contributed by atoms with van der Waals surface area (Å²) in [5.41, 5.74) is 0. The van der Waals surface area contributed by atoms with Crippen molar-refractivity contribution in [2.75, 3.05) is 6.54 Å². The predicted molar refractivity (Wildman–Crippen MR) is 64.5 cm³/mol. The maximum absolute atomic E-state index is 3.68. The highest BCUT2D eigenvalue weighted by molar-refractivity contribution is 5.04. The smallest absolute Gasteiger partial charge is 0.0245 e. The minimum Gasteiger partial charge on any atom is -0.313 e. The number of nitrogens with one attached hydrogen (secondary N) is 1. The van der Waals surface area contributed by atoms with E-state index >= 15 is 0 Å². The van der Waals surface area contributed by atoms with E-state index in [1.807, 2.05) is 6.92 Å². The molecule has 84 valence electrons. The number of hydrogen-bond acceptors (Lipinski definition) is 1. The highest BCUT2D eigenvalue weighted by Crippen LogP contribution is 2.55. The molecule has 3 unspecified atom stereocenters. The Balaban J connectivity index is 1.82. The van der Waals surface area contributed by atoms with Gasteiger partial charge in [-0.2, -0.15) is 0 Å². The van der Waals surface area contributed by atoms with Crippen LogP contribution >= 0.6 is 0 Å². The van der Waals surface area contributed by atoms with Gasteiger partial charge in [0.1, 0.15) is 0 Å². The zero-order valence-corrected chi connectivity index (χ0v) is 10.1. The average molecular weight is 205 g/mol. The summed E-state index contributed by atoms with van der Waals surface area (Å²) >= 11 is 0. The highest BCUT2D eigenvalue weighted by atomic mass is 14.9. The third-order valence-corrected chi connectivity index (χ3v) is 4.00. The third kappa shape index (κ3) is 2.75. The molecule has 0 heterocycles. The Kier molecular flexibility index (Phi) is 3.70. The molecule has 0 amide bonds. The van der Waals surface area contributed by atoms with Crippen molar-refractivity contribution in [2.24, 2.45) is 17.8 Å². The van der Waals surface area contributed by atoms with Crippen LogP contribution in [-0.2, 0) is 0 Å². The largest absolute Gasteiger partial charge is 0.313 e. The first-order valence-corrected chi connectivity index (χ1v) is 6.48. The van der Waals surface area contributed by atoms with Crippen molar-refractivity contribution in [1.82, 2.24) is 5.32 Å². The Morgan fingerprint density at radius 1 is 1.27 bits per heavy atom. The fourth-order valence-corrected chi connectivity index (χ4v) is 3.04. The van der Waals surface area contributed by atoms with Gasteiger partial charge in [0.05, 0.1) is 0 Å². The summed E-state index contributed by atoms with van der Waals surface area (Å²) in [6.45, 7) is 5.34. The quantitative estimate of drug-likeness (QED) is 0.681. The van der Waals surface area contributed by atoms with E-state index in [-0.39, 0.29) is 0 Å². The molecule has 1 nitrogen and oxygen atoms in total. The van der Waals surface area contributed by atoms with Gasteiger partial charge in [-0.25, -0.2) is 0 Å². The third-order valence-electron chi connectivity index (χ3n) is 4.00. The van der Waals surface area contributed by atoms with Crippen molar-refractivity contribution >= 4 is 0 Å². The van der Waals surface area contributed by atoms with Gasteiger partial charge in [0.15, 0.2) is 0 Å². The molecule has 0 bridgehead atoms. The lowest BCUT2D eigenvalue weighted by Gasteiger charge is -2.24. The molecule has 3 atom stereocenters. The van der Waals surface area contributed by atoms with E-state index in [1.165, 1.54) is 25.7 Å². The summed E-state index contributed by atoms with van der Waals surface area (Å²) in [4.78, 5) is 0. The van der Waals surface area contributed by atoms with Crippen LogP contribution in [0.3, 0.4) is 0 Å². The number of hydrogen-bond donors (Lipinski definition) is 1. The van der Waals surface area contributed by atoms with E-state index in [0.29, 0.717) is 6.04 Å². The Morgan fingerprint density at radius 3 is 2.60 bits per heavy atom. The molecule has 2 aliphatic rings. The van der Waals surface area contributed by atoms with Gasteiger partial charge in [0, 0.05) is 12.5 Å². The molecule has 0 aromatic rings. The molecule has 0 aromatic heterocycles. The van der Waals surface area contributed by atoms with E-state index in [9.17, 15) is 0 Å². The average Bonchev–Trinajstić information content (AvgIpc) is 2.86. The molecule has 2 saturated carbocycles. The van der Waals surface area contributed by atoms with Gasteiger partial charge in [-0.15, -0.1) is 11.8 Å². The van der Waals surface area contributed by atoms with Gasteiger partial charge in [-0.1, -0.05) is 6.92 Å². The first-order chi connectivity index (χ1) is 7.35. The van der Waals surface area contributed by atoms with E-state index in [1.54, 1.807) is 0 Å². The maximum atomic E-state index is 3.68. The fourth-order valence-electron chi connectivity index (χ4n) is 3.04. The molecule has 2 aliphatic carbocycles. The monoisotopic (exact) mass is 205 g/mol. The van der Waals surface area contributed by atoms with E-state index in [0.717, 1.165) is 30.7 Å². The first kappa shape index (κ1) is 11.0. The molecule has 1 heteroatoms. The van der Waals surface area contributed by atoms with Crippen molar-refractivity contribution < 1.29 is 0 Å². The lowest BCUT2D eigenvalue weighted by Crippen LogP contribution is -2.36. The van der Waals surface area contributed by atoms with Crippen LogP contribution in [-0.4, -0.2) is 12.6 Å². The summed E-state index contributed by atoms with van der Waals surface area (Å²) < 4.78 is 0. The lowest BCUT2D eigenvalue weighted by molar-refractivity contribution is 0.339. The van der Waals surface area contributed by atoms with Crippen molar-refractivity contribution in [3.05, 3.63) is 0 Å². The van der Waals surface area contributed by atoms with Crippen LogP contribution in [0.25, 0.3) is 0 Å². The molecular weight excluding hydrogens is 182 g/mol. The predicted octanol–water partition coefficient (Wildman–Crippen LogP) is 2.81. The van der Waals surface area contributed by atoms with Gasteiger partial charge < -0.3 is 5.32 Å². The minimum absolute atomic E-state index is 0.671. The Labute approximate surface area is 94.0 Å². The second kappa shape index (κ2) is 5.03. The molecule has 0 aliphatic heterocycles. The van der Waals surface area contributed by atoms with Crippen LogP contribution < -0.4 is 5.32 Å². The number of rotatable bonds is 5. The van der Waals surface area contributed by atoms with Gasteiger partial charge in [0.25, 0.3) is 0 Å². The Morgan fingerprint density at radius 2 is 2.00 bits per heavy atom. The van der Waals surface area contributed by atoms with Gasteiger partial charge in [-0.05, 0) is 56.9 Å². The van der Waals surface area contributed by atoms with Crippen LogP contribution in [0.5, 0.6) is 0 Å². The second-order valence-electron chi connectivity index (χ2n) is 5.18. The van der Waals surface area contributed by atoms with Crippen LogP contribution in [0.4, 0.5) is 0 Å². The molecule has 2 fully saturated rings. The van der Waals surface area contributed by atoms with Crippen LogP contribution in [0.15, 0.2) is 0 Å². The molecule has 0 saturated heterocycles. The number of fused-ring (bicyclic) bond motifs is 1. The summed E-state index contributed by atoms with van der Waals surface area (Å²) in [6.07, 6.45) is 6.75. The minimum atomic E-state index is 0.671. The van der Waals surface area contributed by atoms with E-state index in [4.69, 9.17) is 0 Å². The molecular formula is C14H23N. The van der Waals surface area contributed by atoms with Crippen molar-refractivity contribution in [3.63, 3.8) is 0 Å². The highest BCUT2D eigenvalue weighted by Gasteiger charge is 2.47. The van der Waals surface area contributed by atoms with Crippen molar-refractivity contribution in [1.29, 1.82) is 0 Å². The Hall–Kier alpha value is -0.480. The summed E-state index contributed by atoms with van der Waals surface area (Å²) in [7, 11) is 0. The second-order valence-corrected chi connectivity index (χ2v) is 5.18. The summed E-state index contributed by atoms with van der Waals surface area (Å²) in [5.74, 6) is 9.39. The fraction of sp³-hybridized carbons (Fsp3) is 0.857. The van der Waals surface area contributed by atoms with Crippen LogP contribution in [0.2, 0.25) is 0 Å². The van der Waals surface area contributed by atoms with Gasteiger partial charge in [-0.3, -0.25) is 0 Å². The van der Waals surface area contributed by atoms with Crippen molar-refractivity contribution in [3.8, 4) is 11.8 Å². The summed E-state index contributed by atoms with van der Waals surface area (Å²) in [6, 6.07) is 0.671. The molecule has 0 radical (unpaired) electrons. The van der Waals surface area contributed by atoms with E-state index in [2.05, 4.69) is 24.1 Å². The zero-order chi connectivity index (χ0) is 10.7. The molecule has 0 spiro atoms. The standard InChI is InChI=1S/C14H23N/c1-3-5-6-14(15-7-4-2)13-9-11-8-12(11)10-13/h11-15H,4,6-10H2,1-2H3.